The fraction of sp³-hybridized carbons (Fsp3) is 0.250. The molecule has 3 heterocycles. The Hall–Kier alpha value is -1.66. The molecule has 0 aliphatic heterocycles. The van der Waals surface area contributed by atoms with Gasteiger partial charge in [0.15, 0.2) is 0 Å². The normalized spacial score (nSPS) is 12.7. The lowest BCUT2D eigenvalue weighted by atomic mass is 10.2. The molecule has 2 N–H and O–H groups in total. The van der Waals surface area contributed by atoms with Crippen LogP contribution in [0.4, 0.5) is 5.82 Å². The number of fused-ring (bicyclic) bond motifs is 1. The van der Waals surface area contributed by atoms with Gasteiger partial charge in [-0.15, -0.1) is 11.3 Å². The zero-order valence-corrected chi connectivity index (χ0v) is 11.8. The van der Waals surface area contributed by atoms with Crippen LogP contribution >= 0.6 is 22.9 Å². The smallest absolute Gasteiger partial charge is 0.224 e. The van der Waals surface area contributed by atoms with Crippen molar-refractivity contribution in [3.8, 4) is 0 Å². The topological polar surface area (TPSA) is 66.5 Å². The van der Waals surface area contributed by atoms with Crippen LogP contribution in [0.2, 0.25) is 5.28 Å². The number of thiophene rings is 1. The number of aromatic amines is 1. The van der Waals surface area contributed by atoms with E-state index >= 15 is 0 Å². The molecule has 0 radical (unpaired) electrons. The van der Waals surface area contributed by atoms with Crippen molar-refractivity contribution in [3.63, 3.8) is 0 Å². The molecular formula is C12H12ClN5S. The fourth-order valence-electron chi connectivity index (χ4n) is 1.93. The number of hydrogen-bond acceptors (Lipinski definition) is 5. The first-order valence-electron chi connectivity index (χ1n) is 5.94. The molecule has 98 valence electrons. The van der Waals surface area contributed by atoms with Crippen molar-refractivity contribution < 1.29 is 0 Å². The standard InChI is InChI=1S/C12H12ClN5S/c1-2-7(10-14-4-5-15-10)16-11-9-8(3-6-19-9)17-12(13)18-11/h3-7H,2H2,1H3,(H,14,15)(H,16,17,18). The summed E-state index contributed by atoms with van der Waals surface area (Å²) < 4.78 is 1.01. The van der Waals surface area contributed by atoms with Crippen molar-refractivity contribution in [2.45, 2.75) is 19.4 Å². The van der Waals surface area contributed by atoms with Crippen LogP contribution in [0.25, 0.3) is 10.2 Å². The van der Waals surface area contributed by atoms with E-state index in [1.54, 1.807) is 17.5 Å². The van der Waals surface area contributed by atoms with Crippen LogP contribution in [0.3, 0.4) is 0 Å². The highest BCUT2D eigenvalue weighted by Gasteiger charge is 2.15. The van der Waals surface area contributed by atoms with E-state index in [2.05, 4.69) is 32.2 Å². The maximum absolute atomic E-state index is 5.95. The average Bonchev–Trinajstić information content (AvgIpc) is 3.05. The van der Waals surface area contributed by atoms with Crippen molar-refractivity contribution in [2.75, 3.05) is 5.32 Å². The van der Waals surface area contributed by atoms with E-state index in [1.807, 2.05) is 17.6 Å². The molecule has 0 saturated heterocycles. The van der Waals surface area contributed by atoms with Gasteiger partial charge >= 0.3 is 0 Å². The molecule has 7 heteroatoms. The molecule has 0 bridgehead atoms. The Labute approximate surface area is 119 Å². The second kappa shape index (κ2) is 5.14. The monoisotopic (exact) mass is 293 g/mol. The fourth-order valence-corrected chi connectivity index (χ4v) is 2.89. The highest BCUT2D eigenvalue weighted by Crippen LogP contribution is 2.30. The van der Waals surface area contributed by atoms with Crippen LogP contribution in [0, 0.1) is 0 Å². The van der Waals surface area contributed by atoms with E-state index in [1.165, 1.54) is 0 Å². The Morgan fingerprint density at radius 2 is 2.37 bits per heavy atom. The van der Waals surface area contributed by atoms with Crippen molar-refractivity contribution in [1.82, 2.24) is 19.9 Å². The minimum Gasteiger partial charge on any atom is -0.359 e. The first-order valence-corrected chi connectivity index (χ1v) is 7.20. The summed E-state index contributed by atoms with van der Waals surface area (Å²) in [5.74, 6) is 1.65. The van der Waals surface area contributed by atoms with Crippen LogP contribution in [0.5, 0.6) is 0 Å². The molecule has 1 unspecified atom stereocenters. The molecule has 1 atom stereocenters. The van der Waals surface area contributed by atoms with Gasteiger partial charge in [-0.05, 0) is 29.5 Å². The third-order valence-corrected chi connectivity index (χ3v) is 3.92. The van der Waals surface area contributed by atoms with Gasteiger partial charge in [0.25, 0.3) is 0 Å². The molecule has 19 heavy (non-hydrogen) atoms. The van der Waals surface area contributed by atoms with E-state index in [0.717, 1.165) is 28.3 Å². The Morgan fingerprint density at radius 3 is 3.11 bits per heavy atom. The maximum Gasteiger partial charge on any atom is 0.224 e. The summed E-state index contributed by atoms with van der Waals surface area (Å²) in [5, 5.41) is 5.62. The van der Waals surface area contributed by atoms with Gasteiger partial charge in [0, 0.05) is 12.4 Å². The van der Waals surface area contributed by atoms with Gasteiger partial charge < -0.3 is 10.3 Å². The van der Waals surface area contributed by atoms with Gasteiger partial charge in [0.1, 0.15) is 11.6 Å². The van der Waals surface area contributed by atoms with Crippen LogP contribution in [-0.2, 0) is 0 Å². The lowest BCUT2D eigenvalue weighted by Gasteiger charge is -2.15. The Kier molecular flexibility index (Phi) is 3.35. The van der Waals surface area contributed by atoms with E-state index in [9.17, 15) is 0 Å². The third-order valence-electron chi connectivity index (χ3n) is 2.84. The minimum absolute atomic E-state index is 0.0752. The average molecular weight is 294 g/mol. The number of anilines is 1. The second-order valence-electron chi connectivity index (χ2n) is 4.06. The highest BCUT2D eigenvalue weighted by molar-refractivity contribution is 7.17. The second-order valence-corrected chi connectivity index (χ2v) is 5.31. The number of nitrogens with one attached hydrogen (secondary N) is 2. The number of halogens is 1. The molecule has 3 aromatic heterocycles. The number of hydrogen-bond donors (Lipinski definition) is 2. The van der Waals surface area contributed by atoms with E-state index < -0.39 is 0 Å². The zero-order chi connectivity index (χ0) is 13.2. The molecule has 0 aliphatic carbocycles. The van der Waals surface area contributed by atoms with Crippen LogP contribution in [0.15, 0.2) is 23.8 Å². The predicted molar refractivity (Wildman–Crippen MR) is 77.7 cm³/mol. The molecule has 5 nitrogen and oxygen atoms in total. The zero-order valence-electron chi connectivity index (χ0n) is 10.2. The first-order chi connectivity index (χ1) is 9.28. The largest absolute Gasteiger partial charge is 0.359 e. The third kappa shape index (κ3) is 2.41. The van der Waals surface area contributed by atoms with Gasteiger partial charge in [0.05, 0.1) is 16.3 Å². The van der Waals surface area contributed by atoms with Gasteiger partial charge in [-0.25, -0.2) is 9.97 Å². The number of aromatic nitrogens is 4. The summed E-state index contributed by atoms with van der Waals surface area (Å²) in [6, 6.07) is 2.01. The summed E-state index contributed by atoms with van der Waals surface area (Å²) in [5.41, 5.74) is 0.863. The van der Waals surface area contributed by atoms with E-state index in [-0.39, 0.29) is 11.3 Å². The first kappa shape index (κ1) is 12.4. The molecule has 0 saturated carbocycles. The van der Waals surface area contributed by atoms with Crippen molar-refractivity contribution in [1.29, 1.82) is 0 Å². The molecule has 3 aromatic rings. The Balaban J connectivity index is 1.98. The predicted octanol–water partition coefficient (Wildman–Crippen LogP) is 3.63. The molecule has 0 spiro atoms. The number of rotatable bonds is 4. The SMILES string of the molecule is CCC(Nc1nc(Cl)nc2ccsc12)c1ncc[nH]1. The number of H-pyrrole nitrogens is 1. The summed E-state index contributed by atoms with van der Waals surface area (Å²) in [6.45, 7) is 2.09. The van der Waals surface area contributed by atoms with Gasteiger partial charge in [-0.1, -0.05) is 6.92 Å². The molecule has 0 aliphatic rings. The minimum atomic E-state index is 0.0752. The van der Waals surface area contributed by atoms with E-state index in [4.69, 9.17) is 11.6 Å². The highest BCUT2D eigenvalue weighted by atomic mass is 35.5. The molecule has 0 amide bonds. The van der Waals surface area contributed by atoms with Gasteiger partial charge in [-0.2, -0.15) is 4.98 Å². The summed E-state index contributed by atoms with van der Waals surface area (Å²) in [4.78, 5) is 15.9. The summed E-state index contributed by atoms with van der Waals surface area (Å²) in [6.07, 6.45) is 4.45. The van der Waals surface area contributed by atoms with Crippen molar-refractivity contribution >= 4 is 39.0 Å². The Morgan fingerprint density at radius 1 is 1.47 bits per heavy atom. The summed E-state index contributed by atoms with van der Waals surface area (Å²) >= 11 is 7.55. The summed E-state index contributed by atoms with van der Waals surface area (Å²) in [7, 11) is 0. The lowest BCUT2D eigenvalue weighted by Crippen LogP contribution is -2.12. The molecule has 0 aromatic carbocycles. The molecule has 0 fully saturated rings. The quantitative estimate of drug-likeness (QED) is 0.721. The van der Waals surface area contributed by atoms with Gasteiger partial charge in [0.2, 0.25) is 5.28 Å². The molecule has 3 rings (SSSR count). The van der Waals surface area contributed by atoms with Crippen LogP contribution < -0.4 is 5.32 Å². The van der Waals surface area contributed by atoms with Crippen LogP contribution in [-0.4, -0.2) is 19.9 Å². The number of imidazole rings is 1. The molecular weight excluding hydrogens is 282 g/mol. The van der Waals surface area contributed by atoms with Crippen LogP contribution in [0.1, 0.15) is 25.2 Å². The Bertz CT molecular complexity index is 679. The lowest BCUT2D eigenvalue weighted by molar-refractivity contribution is 0.701. The van der Waals surface area contributed by atoms with Crippen molar-refractivity contribution in [2.24, 2.45) is 0 Å². The van der Waals surface area contributed by atoms with E-state index in [0.29, 0.717) is 0 Å². The maximum atomic E-state index is 5.95. The van der Waals surface area contributed by atoms with Crippen molar-refractivity contribution in [3.05, 3.63) is 34.9 Å². The van der Waals surface area contributed by atoms with Gasteiger partial charge in [-0.3, -0.25) is 0 Å². The number of nitrogens with zero attached hydrogens (tertiary/aromatic N) is 3.